The third-order valence-electron chi connectivity index (χ3n) is 2.56. The highest BCUT2D eigenvalue weighted by Gasteiger charge is 2.08. The molecule has 17 heavy (non-hydrogen) atoms. The molecule has 1 nitrogen and oxygen atoms in total. The molecule has 0 aliphatic heterocycles. The zero-order valence-corrected chi connectivity index (χ0v) is 11.3. The number of halogens is 2. The van der Waals surface area contributed by atoms with Gasteiger partial charge in [0, 0.05) is 16.3 Å². The van der Waals surface area contributed by atoms with E-state index in [1.54, 1.807) is 23.5 Å². The summed E-state index contributed by atoms with van der Waals surface area (Å²) in [5.74, 6) is -0.317. The Hall–Kier alpha value is -1.06. The summed E-state index contributed by atoms with van der Waals surface area (Å²) in [6.07, 6.45) is 0. The van der Waals surface area contributed by atoms with E-state index >= 15 is 0 Å². The van der Waals surface area contributed by atoms with Gasteiger partial charge in [0.05, 0.1) is 10.7 Å². The molecule has 90 valence electrons. The van der Waals surface area contributed by atoms with Gasteiger partial charge in [-0.3, -0.25) is 0 Å². The summed E-state index contributed by atoms with van der Waals surface area (Å²) in [4.78, 5) is 2.52. The number of nitrogens with one attached hydrogen (secondary N) is 1. The Kier molecular flexibility index (Phi) is 3.69. The largest absolute Gasteiger partial charge is 0.377 e. The molecule has 0 aliphatic rings. The highest BCUT2D eigenvalue weighted by atomic mass is 35.5. The van der Waals surface area contributed by atoms with Crippen LogP contribution in [0.15, 0.2) is 24.3 Å². The van der Waals surface area contributed by atoms with Crippen LogP contribution in [0.5, 0.6) is 0 Å². The van der Waals surface area contributed by atoms with Crippen LogP contribution in [0.4, 0.5) is 10.1 Å². The van der Waals surface area contributed by atoms with Gasteiger partial charge in [0.1, 0.15) is 5.82 Å². The van der Waals surface area contributed by atoms with Crippen molar-refractivity contribution in [2.45, 2.75) is 20.4 Å². The van der Waals surface area contributed by atoms with Crippen LogP contribution in [0, 0.1) is 19.7 Å². The lowest BCUT2D eigenvalue weighted by Crippen LogP contribution is -2.02. The molecule has 0 amide bonds. The molecule has 0 bridgehead atoms. The van der Waals surface area contributed by atoms with Crippen molar-refractivity contribution in [2.75, 3.05) is 5.32 Å². The van der Waals surface area contributed by atoms with Gasteiger partial charge in [0.15, 0.2) is 0 Å². The maximum Gasteiger partial charge on any atom is 0.147 e. The fourth-order valence-electron chi connectivity index (χ4n) is 1.71. The predicted molar refractivity (Wildman–Crippen MR) is 72.5 cm³/mol. The van der Waals surface area contributed by atoms with Gasteiger partial charge < -0.3 is 5.32 Å². The van der Waals surface area contributed by atoms with Gasteiger partial charge >= 0.3 is 0 Å². The average Bonchev–Trinajstić information content (AvgIpc) is 2.57. The van der Waals surface area contributed by atoms with Crippen LogP contribution in [-0.2, 0) is 6.54 Å². The Balaban J connectivity index is 2.15. The van der Waals surface area contributed by atoms with Gasteiger partial charge in [-0.1, -0.05) is 17.7 Å². The van der Waals surface area contributed by atoms with E-state index in [0.29, 0.717) is 17.3 Å². The van der Waals surface area contributed by atoms with E-state index in [1.807, 2.05) is 0 Å². The summed E-state index contributed by atoms with van der Waals surface area (Å²) < 4.78 is 13.5. The lowest BCUT2D eigenvalue weighted by molar-refractivity contribution is 0.630. The zero-order chi connectivity index (χ0) is 12.4. The summed E-state index contributed by atoms with van der Waals surface area (Å²) in [5, 5.41) is 3.46. The first-order valence-corrected chi connectivity index (χ1v) is 6.51. The third kappa shape index (κ3) is 2.79. The minimum Gasteiger partial charge on any atom is -0.377 e. The van der Waals surface area contributed by atoms with Crippen LogP contribution in [0.2, 0.25) is 5.02 Å². The summed E-state index contributed by atoms with van der Waals surface area (Å²) in [7, 11) is 0. The molecule has 1 heterocycles. The maximum atomic E-state index is 13.5. The molecular weight excluding hydrogens is 257 g/mol. The van der Waals surface area contributed by atoms with E-state index in [4.69, 9.17) is 11.6 Å². The molecule has 1 N–H and O–H groups in total. The molecule has 0 saturated heterocycles. The molecule has 0 atom stereocenters. The van der Waals surface area contributed by atoms with E-state index in [-0.39, 0.29) is 5.82 Å². The number of benzene rings is 1. The third-order valence-corrected chi connectivity index (χ3v) is 3.89. The molecule has 2 aromatic rings. The van der Waals surface area contributed by atoms with Crippen molar-refractivity contribution in [2.24, 2.45) is 0 Å². The highest BCUT2D eigenvalue weighted by Crippen LogP contribution is 2.27. The van der Waals surface area contributed by atoms with Gasteiger partial charge in [0.25, 0.3) is 0 Å². The van der Waals surface area contributed by atoms with E-state index in [9.17, 15) is 4.39 Å². The van der Waals surface area contributed by atoms with Gasteiger partial charge in [-0.2, -0.15) is 0 Å². The van der Waals surface area contributed by atoms with Gasteiger partial charge in [-0.15, -0.1) is 11.3 Å². The smallest absolute Gasteiger partial charge is 0.147 e. The normalized spacial score (nSPS) is 10.6. The van der Waals surface area contributed by atoms with Crippen LogP contribution < -0.4 is 5.32 Å². The fourth-order valence-corrected chi connectivity index (χ4v) is 2.89. The number of hydrogen-bond donors (Lipinski definition) is 1. The molecular formula is C13H13ClFNS. The minimum atomic E-state index is -0.317. The van der Waals surface area contributed by atoms with E-state index in [0.717, 1.165) is 0 Å². The second kappa shape index (κ2) is 5.07. The first kappa shape index (κ1) is 12.4. The second-order valence-corrected chi connectivity index (χ2v) is 5.76. The lowest BCUT2D eigenvalue weighted by Gasteiger charge is -2.09. The van der Waals surface area contributed by atoms with Crippen molar-refractivity contribution < 1.29 is 4.39 Å². The number of rotatable bonds is 3. The van der Waals surface area contributed by atoms with Crippen molar-refractivity contribution in [3.05, 3.63) is 50.4 Å². The van der Waals surface area contributed by atoms with Gasteiger partial charge in [-0.25, -0.2) is 4.39 Å². The summed E-state index contributed by atoms with van der Waals surface area (Å²) in [5.41, 5.74) is 1.56. The number of para-hydroxylation sites is 1. The number of hydrogen-bond acceptors (Lipinski definition) is 2. The monoisotopic (exact) mass is 269 g/mol. The van der Waals surface area contributed by atoms with Crippen LogP contribution in [-0.4, -0.2) is 0 Å². The average molecular weight is 270 g/mol. The standard InChI is InChI=1S/C13H13ClFNS/c1-8-6-10(9(2)17-8)7-16-13-11(14)4-3-5-12(13)15/h3-6,16H,7H2,1-2H3. The molecule has 4 heteroatoms. The van der Waals surface area contributed by atoms with Crippen molar-refractivity contribution in [3.8, 4) is 0 Å². The number of aryl methyl sites for hydroxylation is 2. The summed E-state index contributed by atoms with van der Waals surface area (Å²) in [6, 6.07) is 6.79. The van der Waals surface area contributed by atoms with Crippen molar-refractivity contribution >= 4 is 28.6 Å². The summed E-state index contributed by atoms with van der Waals surface area (Å²) in [6.45, 7) is 4.73. The highest BCUT2D eigenvalue weighted by molar-refractivity contribution is 7.12. The SMILES string of the molecule is Cc1cc(CNc2c(F)cccc2Cl)c(C)s1. The molecule has 0 spiro atoms. The first-order valence-electron chi connectivity index (χ1n) is 5.31. The quantitative estimate of drug-likeness (QED) is 0.846. The van der Waals surface area contributed by atoms with Crippen LogP contribution in [0.1, 0.15) is 15.3 Å². The predicted octanol–water partition coefficient (Wildman–Crippen LogP) is 4.77. The van der Waals surface area contributed by atoms with E-state index in [2.05, 4.69) is 25.2 Å². The minimum absolute atomic E-state index is 0.317. The lowest BCUT2D eigenvalue weighted by atomic mass is 10.2. The van der Waals surface area contributed by atoms with Crippen molar-refractivity contribution in [1.29, 1.82) is 0 Å². The van der Waals surface area contributed by atoms with Gasteiger partial charge in [0.2, 0.25) is 0 Å². The Labute approximate surface area is 109 Å². The zero-order valence-electron chi connectivity index (χ0n) is 9.68. The van der Waals surface area contributed by atoms with Crippen molar-refractivity contribution in [1.82, 2.24) is 0 Å². The Morgan fingerprint density at radius 3 is 2.71 bits per heavy atom. The van der Waals surface area contributed by atoms with Crippen molar-refractivity contribution in [3.63, 3.8) is 0 Å². The number of anilines is 1. The fraction of sp³-hybridized carbons (Fsp3) is 0.231. The molecule has 0 aliphatic carbocycles. The molecule has 1 aromatic heterocycles. The molecule has 1 aromatic carbocycles. The molecule has 0 fully saturated rings. The number of thiophene rings is 1. The van der Waals surface area contributed by atoms with Crippen LogP contribution >= 0.6 is 22.9 Å². The Bertz CT molecular complexity index is 516. The first-order chi connectivity index (χ1) is 8.08. The van der Waals surface area contributed by atoms with Crippen LogP contribution in [0.25, 0.3) is 0 Å². The second-order valence-electron chi connectivity index (χ2n) is 3.89. The van der Waals surface area contributed by atoms with E-state index < -0.39 is 0 Å². The topological polar surface area (TPSA) is 12.0 Å². The van der Waals surface area contributed by atoms with E-state index in [1.165, 1.54) is 21.4 Å². The molecule has 0 unspecified atom stereocenters. The maximum absolute atomic E-state index is 13.5. The molecule has 0 radical (unpaired) electrons. The molecule has 0 saturated carbocycles. The van der Waals surface area contributed by atoms with Gasteiger partial charge in [-0.05, 0) is 37.6 Å². The van der Waals surface area contributed by atoms with Crippen LogP contribution in [0.3, 0.4) is 0 Å². The molecule has 2 rings (SSSR count). The summed E-state index contributed by atoms with van der Waals surface area (Å²) >= 11 is 7.69. The Morgan fingerprint density at radius 1 is 1.35 bits per heavy atom. The Morgan fingerprint density at radius 2 is 2.12 bits per heavy atom.